The summed E-state index contributed by atoms with van der Waals surface area (Å²) in [5.41, 5.74) is 4.47. The van der Waals surface area contributed by atoms with E-state index in [0.29, 0.717) is 0 Å². The van der Waals surface area contributed by atoms with Crippen molar-refractivity contribution in [1.82, 2.24) is 0 Å². The molecule has 0 spiro atoms. The summed E-state index contributed by atoms with van der Waals surface area (Å²) in [7, 11) is 0. The van der Waals surface area contributed by atoms with E-state index in [2.05, 4.69) is 39.0 Å². The van der Waals surface area contributed by atoms with E-state index in [4.69, 9.17) is 0 Å². The minimum Gasteiger partial charge on any atom is -0.0590 e. The van der Waals surface area contributed by atoms with E-state index in [1.165, 1.54) is 43.2 Å². The van der Waals surface area contributed by atoms with Gasteiger partial charge in [0.05, 0.1) is 0 Å². The molecule has 0 N–H and O–H groups in total. The molecule has 16 heavy (non-hydrogen) atoms. The molecule has 1 unspecified atom stereocenters. The second kappa shape index (κ2) is 5.03. The molecule has 0 aliphatic heterocycles. The van der Waals surface area contributed by atoms with Gasteiger partial charge in [-0.3, -0.25) is 0 Å². The third kappa shape index (κ3) is 2.48. The Morgan fingerprint density at radius 3 is 2.44 bits per heavy atom. The molecule has 0 nitrogen and oxygen atoms in total. The van der Waals surface area contributed by atoms with Gasteiger partial charge in [-0.05, 0) is 49.7 Å². The van der Waals surface area contributed by atoms with Crippen LogP contribution in [0.5, 0.6) is 0 Å². The molecule has 2 rings (SSSR count). The van der Waals surface area contributed by atoms with Crippen LogP contribution in [-0.2, 0) is 0 Å². The quantitative estimate of drug-likeness (QED) is 0.653. The van der Waals surface area contributed by atoms with E-state index >= 15 is 0 Å². The van der Waals surface area contributed by atoms with Gasteiger partial charge in [-0.25, -0.2) is 0 Å². The summed E-state index contributed by atoms with van der Waals surface area (Å²) in [6, 6.07) is 6.91. The van der Waals surface area contributed by atoms with E-state index in [0.717, 1.165) is 11.8 Å². The molecule has 0 amide bonds. The normalized spacial score (nSPS) is 19.7. The first-order valence-corrected chi connectivity index (χ1v) is 6.75. The van der Waals surface area contributed by atoms with Gasteiger partial charge < -0.3 is 0 Å². The van der Waals surface area contributed by atoms with Crippen LogP contribution < -0.4 is 0 Å². The summed E-state index contributed by atoms with van der Waals surface area (Å²) >= 11 is 0. The summed E-state index contributed by atoms with van der Waals surface area (Å²) < 4.78 is 0. The molecule has 1 aromatic carbocycles. The molecule has 0 saturated heterocycles. The minimum absolute atomic E-state index is 0.750. The first-order chi connectivity index (χ1) is 7.68. The Bertz CT molecular complexity index is 345. The highest BCUT2D eigenvalue weighted by molar-refractivity contribution is 5.33. The smallest absolute Gasteiger partial charge is 0.0159 e. The Balaban J connectivity index is 2.18. The zero-order valence-electron chi connectivity index (χ0n) is 10.9. The van der Waals surface area contributed by atoms with Crippen LogP contribution in [0, 0.1) is 19.8 Å². The standard InChI is InChI=1S/C16H24/c1-12-9-10-13(2)16(11-12)14(3)15-7-5-4-6-8-15/h9-11,14-15H,4-8H2,1-3H3. The average molecular weight is 216 g/mol. The van der Waals surface area contributed by atoms with Gasteiger partial charge in [-0.2, -0.15) is 0 Å². The van der Waals surface area contributed by atoms with Crippen LogP contribution in [0.15, 0.2) is 18.2 Å². The lowest BCUT2D eigenvalue weighted by Gasteiger charge is -2.29. The number of hydrogen-bond donors (Lipinski definition) is 0. The van der Waals surface area contributed by atoms with E-state index < -0.39 is 0 Å². The largest absolute Gasteiger partial charge is 0.0590 e. The maximum Gasteiger partial charge on any atom is -0.0159 e. The lowest BCUT2D eigenvalue weighted by atomic mass is 9.76. The summed E-state index contributed by atoms with van der Waals surface area (Å²) in [5.74, 6) is 1.68. The molecule has 0 bridgehead atoms. The molecule has 1 saturated carbocycles. The molecule has 1 fully saturated rings. The van der Waals surface area contributed by atoms with Crippen molar-refractivity contribution >= 4 is 0 Å². The van der Waals surface area contributed by atoms with Crippen LogP contribution in [-0.4, -0.2) is 0 Å². The lowest BCUT2D eigenvalue weighted by Crippen LogP contribution is -2.14. The first-order valence-electron chi connectivity index (χ1n) is 6.75. The highest BCUT2D eigenvalue weighted by atomic mass is 14.3. The third-order valence-corrected chi connectivity index (χ3v) is 4.28. The maximum absolute atomic E-state index is 2.43. The Hall–Kier alpha value is -0.780. The fourth-order valence-corrected chi connectivity index (χ4v) is 3.14. The second-order valence-corrected chi connectivity index (χ2v) is 5.55. The Labute approximate surface area is 100 Å². The number of hydrogen-bond acceptors (Lipinski definition) is 0. The highest BCUT2D eigenvalue weighted by Crippen LogP contribution is 2.36. The summed E-state index contributed by atoms with van der Waals surface area (Å²) in [6.45, 7) is 6.89. The monoisotopic (exact) mass is 216 g/mol. The fourth-order valence-electron chi connectivity index (χ4n) is 3.14. The van der Waals surface area contributed by atoms with Gasteiger partial charge in [0.15, 0.2) is 0 Å². The van der Waals surface area contributed by atoms with Gasteiger partial charge >= 0.3 is 0 Å². The van der Waals surface area contributed by atoms with Crippen molar-refractivity contribution in [3.63, 3.8) is 0 Å². The first kappa shape index (κ1) is 11.7. The molecule has 1 aromatic rings. The van der Waals surface area contributed by atoms with Crippen LogP contribution in [0.2, 0.25) is 0 Å². The van der Waals surface area contributed by atoms with Crippen LogP contribution in [0.4, 0.5) is 0 Å². The van der Waals surface area contributed by atoms with Crippen molar-refractivity contribution in [2.45, 2.75) is 58.8 Å². The van der Waals surface area contributed by atoms with E-state index in [-0.39, 0.29) is 0 Å². The summed E-state index contributed by atoms with van der Waals surface area (Å²) in [4.78, 5) is 0. The topological polar surface area (TPSA) is 0 Å². The minimum atomic E-state index is 0.750. The van der Waals surface area contributed by atoms with Crippen molar-refractivity contribution in [3.05, 3.63) is 34.9 Å². The van der Waals surface area contributed by atoms with Crippen LogP contribution in [0.1, 0.15) is 61.6 Å². The van der Waals surface area contributed by atoms with Gasteiger partial charge in [0, 0.05) is 0 Å². The van der Waals surface area contributed by atoms with E-state index in [9.17, 15) is 0 Å². The van der Waals surface area contributed by atoms with Crippen LogP contribution in [0.25, 0.3) is 0 Å². The number of rotatable bonds is 2. The molecule has 1 aliphatic carbocycles. The SMILES string of the molecule is Cc1ccc(C)c(C(C)C2CCCCC2)c1. The molecular formula is C16H24. The van der Waals surface area contributed by atoms with Gasteiger partial charge in [0.25, 0.3) is 0 Å². The van der Waals surface area contributed by atoms with Crippen molar-refractivity contribution in [3.8, 4) is 0 Å². The van der Waals surface area contributed by atoms with Gasteiger partial charge in [0.1, 0.15) is 0 Å². The molecule has 0 heterocycles. The maximum atomic E-state index is 2.43. The fraction of sp³-hybridized carbons (Fsp3) is 0.625. The van der Waals surface area contributed by atoms with Crippen LogP contribution in [0.3, 0.4) is 0 Å². The molecule has 88 valence electrons. The summed E-state index contributed by atoms with van der Waals surface area (Å²) in [6.07, 6.45) is 7.22. The molecule has 0 heteroatoms. The number of aryl methyl sites for hydroxylation is 2. The zero-order chi connectivity index (χ0) is 11.5. The van der Waals surface area contributed by atoms with Gasteiger partial charge in [-0.15, -0.1) is 0 Å². The molecular weight excluding hydrogens is 192 g/mol. The van der Waals surface area contributed by atoms with Gasteiger partial charge in [0.2, 0.25) is 0 Å². The van der Waals surface area contributed by atoms with Crippen molar-refractivity contribution in [2.75, 3.05) is 0 Å². The summed E-state index contributed by atoms with van der Waals surface area (Å²) in [5, 5.41) is 0. The predicted octanol–water partition coefficient (Wildman–Crippen LogP) is 4.99. The predicted molar refractivity (Wildman–Crippen MR) is 70.9 cm³/mol. The van der Waals surface area contributed by atoms with Crippen molar-refractivity contribution in [1.29, 1.82) is 0 Å². The number of benzene rings is 1. The molecule has 0 radical (unpaired) electrons. The van der Waals surface area contributed by atoms with E-state index in [1.807, 2.05) is 0 Å². The molecule has 1 atom stereocenters. The third-order valence-electron chi connectivity index (χ3n) is 4.28. The van der Waals surface area contributed by atoms with Crippen LogP contribution >= 0.6 is 0 Å². The average Bonchev–Trinajstić information content (AvgIpc) is 2.32. The Morgan fingerprint density at radius 1 is 1.06 bits per heavy atom. The zero-order valence-corrected chi connectivity index (χ0v) is 10.9. The van der Waals surface area contributed by atoms with Crippen molar-refractivity contribution < 1.29 is 0 Å². The highest BCUT2D eigenvalue weighted by Gasteiger charge is 2.22. The Morgan fingerprint density at radius 2 is 1.75 bits per heavy atom. The lowest BCUT2D eigenvalue weighted by molar-refractivity contribution is 0.315. The van der Waals surface area contributed by atoms with E-state index in [1.54, 1.807) is 5.56 Å². The Kier molecular flexibility index (Phi) is 3.68. The van der Waals surface area contributed by atoms with Gasteiger partial charge in [-0.1, -0.05) is 49.9 Å². The van der Waals surface area contributed by atoms with Crippen molar-refractivity contribution in [2.24, 2.45) is 5.92 Å². The molecule has 0 aromatic heterocycles. The molecule has 1 aliphatic rings. The second-order valence-electron chi connectivity index (χ2n) is 5.55.